The van der Waals surface area contributed by atoms with Crippen molar-refractivity contribution in [3.05, 3.63) is 46.1 Å². The van der Waals surface area contributed by atoms with Crippen LogP contribution < -0.4 is 11.5 Å². The van der Waals surface area contributed by atoms with Crippen LogP contribution in [0.4, 0.5) is 4.79 Å². The molecule has 0 saturated carbocycles. The minimum atomic E-state index is -0.821. The lowest BCUT2D eigenvalue weighted by atomic mass is 10.2. The summed E-state index contributed by atoms with van der Waals surface area (Å²) in [6.45, 7) is 0.419. The molecule has 26 heavy (non-hydrogen) atoms. The fourth-order valence-electron chi connectivity index (χ4n) is 2.16. The summed E-state index contributed by atoms with van der Waals surface area (Å²) in [6.07, 6.45) is 1.56. The third-order valence-electron chi connectivity index (χ3n) is 3.43. The highest BCUT2D eigenvalue weighted by atomic mass is 35.5. The Morgan fingerprint density at radius 2 is 1.96 bits per heavy atom. The summed E-state index contributed by atoms with van der Waals surface area (Å²) in [7, 11) is 0. The van der Waals surface area contributed by atoms with Crippen LogP contribution in [0.2, 0.25) is 10.0 Å². The van der Waals surface area contributed by atoms with E-state index in [4.69, 9.17) is 39.1 Å². The number of carbonyl (C=O) groups excluding carboxylic acids is 2. The number of benzene rings is 1. The van der Waals surface area contributed by atoms with E-state index in [2.05, 4.69) is 4.99 Å². The quantitative estimate of drug-likeness (QED) is 0.699. The van der Waals surface area contributed by atoms with Crippen molar-refractivity contribution < 1.29 is 14.0 Å². The van der Waals surface area contributed by atoms with Crippen LogP contribution in [0.3, 0.4) is 0 Å². The number of urea groups is 1. The Balaban J connectivity index is 1.96. The number of amides is 3. The molecule has 1 heterocycles. The summed E-state index contributed by atoms with van der Waals surface area (Å²) < 4.78 is 5.67. The predicted molar refractivity (Wildman–Crippen MR) is 102 cm³/mol. The summed E-state index contributed by atoms with van der Waals surface area (Å²) in [6, 6.07) is 7.89. The molecule has 3 amide bonds. The van der Waals surface area contributed by atoms with Crippen LogP contribution in [0.1, 0.15) is 12.2 Å². The zero-order valence-electron chi connectivity index (χ0n) is 13.8. The molecule has 1 aromatic heterocycles. The highest BCUT2D eigenvalue weighted by molar-refractivity contribution is 6.42. The maximum Gasteiger partial charge on any atom is 0.321 e. The van der Waals surface area contributed by atoms with Gasteiger partial charge < -0.3 is 15.9 Å². The van der Waals surface area contributed by atoms with Crippen molar-refractivity contribution in [1.82, 2.24) is 4.90 Å². The first-order chi connectivity index (χ1) is 12.4. The van der Waals surface area contributed by atoms with Gasteiger partial charge in [-0.2, -0.15) is 0 Å². The number of halogens is 2. The number of aliphatic imine (C=N–C) groups is 1. The largest absolute Gasteiger partial charge is 0.455 e. The van der Waals surface area contributed by atoms with Gasteiger partial charge in [-0.25, -0.2) is 4.79 Å². The van der Waals surface area contributed by atoms with E-state index in [1.54, 1.807) is 30.3 Å². The van der Waals surface area contributed by atoms with Crippen LogP contribution in [-0.4, -0.2) is 42.7 Å². The van der Waals surface area contributed by atoms with Crippen LogP contribution >= 0.6 is 23.2 Å². The van der Waals surface area contributed by atoms with E-state index >= 15 is 0 Å². The zero-order chi connectivity index (χ0) is 19.1. The van der Waals surface area contributed by atoms with Gasteiger partial charge in [-0.05, 0) is 30.3 Å². The van der Waals surface area contributed by atoms with E-state index in [9.17, 15) is 9.59 Å². The molecule has 0 radical (unpaired) electrons. The molecule has 0 aliphatic heterocycles. The van der Waals surface area contributed by atoms with Crippen LogP contribution in [0.15, 0.2) is 39.7 Å². The van der Waals surface area contributed by atoms with Gasteiger partial charge in [-0.15, -0.1) is 0 Å². The summed E-state index contributed by atoms with van der Waals surface area (Å²) in [5.74, 6) is 0.710. The molecule has 0 unspecified atom stereocenters. The number of nitrogens with zero attached hydrogens (tertiary/aromatic N) is 2. The molecule has 0 aliphatic carbocycles. The molecule has 0 aliphatic rings. The molecule has 0 atom stereocenters. The fourth-order valence-corrected chi connectivity index (χ4v) is 2.45. The fraction of sp³-hybridized carbons (Fsp3) is 0.235. The van der Waals surface area contributed by atoms with E-state index in [-0.39, 0.29) is 26.1 Å². The molecule has 0 bridgehead atoms. The normalized spacial score (nSPS) is 11.0. The van der Waals surface area contributed by atoms with Gasteiger partial charge in [0.1, 0.15) is 11.5 Å². The third kappa shape index (κ3) is 5.32. The second-order valence-corrected chi connectivity index (χ2v) is 6.10. The Morgan fingerprint density at radius 1 is 1.19 bits per heavy atom. The van der Waals surface area contributed by atoms with Crippen molar-refractivity contribution in [2.75, 3.05) is 19.6 Å². The lowest BCUT2D eigenvalue weighted by molar-refractivity contribution is -0.127. The maximum absolute atomic E-state index is 11.7. The van der Waals surface area contributed by atoms with E-state index < -0.39 is 11.9 Å². The van der Waals surface area contributed by atoms with Gasteiger partial charge in [0.25, 0.3) is 0 Å². The summed E-state index contributed by atoms with van der Waals surface area (Å²) in [4.78, 5) is 28.1. The Kier molecular flexibility index (Phi) is 7.20. The Hall–Kier alpha value is -2.35. The van der Waals surface area contributed by atoms with Gasteiger partial charge in [0, 0.05) is 25.1 Å². The molecule has 9 heteroatoms. The standard InChI is InChI=1S/C17H18Cl2N4O3/c18-13-3-1-11(9-14(13)19)15-4-2-12(26-15)10-22-7-8-23(17(21)25)16(24)5-6-20/h1-4,9-10H,5-8,20H2,(H2,21,25). The van der Waals surface area contributed by atoms with Gasteiger partial charge in [0.05, 0.1) is 22.8 Å². The van der Waals surface area contributed by atoms with Crippen molar-refractivity contribution in [3.8, 4) is 11.3 Å². The SMILES string of the molecule is NCCC(=O)N(CCN=Cc1ccc(-c2ccc(Cl)c(Cl)c2)o1)C(N)=O. The van der Waals surface area contributed by atoms with Crippen molar-refractivity contribution in [2.24, 2.45) is 16.5 Å². The summed E-state index contributed by atoms with van der Waals surface area (Å²) in [5.41, 5.74) is 11.3. The third-order valence-corrected chi connectivity index (χ3v) is 4.17. The number of rotatable bonds is 7. The van der Waals surface area contributed by atoms with E-state index in [0.717, 1.165) is 10.5 Å². The first kappa shape index (κ1) is 20.0. The first-order valence-corrected chi connectivity index (χ1v) is 8.53. The molecule has 0 saturated heterocycles. The smallest absolute Gasteiger partial charge is 0.321 e. The zero-order valence-corrected chi connectivity index (χ0v) is 15.3. The van der Waals surface area contributed by atoms with E-state index in [1.807, 2.05) is 0 Å². The molecular formula is C17H18Cl2N4O3. The first-order valence-electron chi connectivity index (χ1n) is 7.77. The number of nitrogens with two attached hydrogens (primary N) is 2. The van der Waals surface area contributed by atoms with Gasteiger partial charge in [-0.1, -0.05) is 23.2 Å². The lowest BCUT2D eigenvalue weighted by Crippen LogP contribution is -2.42. The predicted octanol–water partition coefficient (Wildman–Crippen LogP) is 2.93. The molecule has 1 aromatic carbocycles. The topological polar surface area (TPSA) is 115 Å². The molecule has 0 spiro atoms. The van der Waals surface area contributed by atoms with Crippen LogP contribution in [0.5, 0.6) is 0 Å². The van der Waals surface area contributed by atoms with Crippen LogP contribution in [0, 0.1) is 0 Å². The van der Waals surface area contributed by atoms with Crippen molar-refractivity contribution >= 4 is 41.4 Å². The summed E-state index contributed by atoms with van der Waals surface area (Å²) in [5, 5.41) is 0.899. The Bertz CT molecular complexity index is 820. The minimum Gasteiger partial charge on any atom is -0.455 e. The molecule has 4 N–H and O–H groups in total. The van der Waals surface area contributed by atoms with Crippen molar-refractivity contribution in [3.63, 3.8) is 0 Å². The molecule has 138 valence electrons. The van der Waals surface area contributed by atoms with Gasteiger partial charge in [0.2, 0.25) is 5.91 Å². The minimum absolute atomic E-state index is 0.0534. The number of hydrogen-bond donors (Lipinski definition) is 2. The van der Waals surface area contributed by atoms with Crippen molar-refractivity contribution in [2.45, 2.75) is 6.42 Å². The lowest BCUT2D eigenvalue weighted by Gasteiger charge is -2.16. The van der Waals surface area contributed by atoms with Crippen LogP contribution in [-0.2, 0) is 4.79 Å². The Labute approximate surface area is 160 Å². The second-order valence-electron chi connectivity index (χ2n) is 5.29. The molecule has 2 aromatic rings. The molecule has 0 fully saturated rings. The molecule has 2 rings (SSSR count). The van der Waals surface area contributed by atoms with E-state index in [1.165, 1.54) is 6.21 Å². The average Bonchev–Trinajstić information content (AvgIpc) is 3.06. The molecule has 7 nitrogen and oxygen atoms in total. The maximum atomic E-state index is 11.7. The van der Waals surface area contributed by atoms with Crippen molar-refractivity contribution in [1.29, 1.82) is 0 Å². The second kappa shape index (κ2) is 9.38. The summed E-state index contributed by atoms with van der Waals surface area (Å²) >= 11 is 11.9. The van der Waals surface area contributed by atoms with Gasteiger partial charge >= 0.3 is 6.03 Å². The van der Waals surface area contributed by atoms with E-state index in [0.29, 0.717) is 21.6 Å². The van der Waals surface area contributed by atoms with Gasteiger partial charge in [0.15, 0.2) is 0 Å². The molecular weight excluding hydrogens is 379 g/mol. The highest BCUT2D eigenvalue weighted by Gasteiger charge is 2.17. The number of hydrogen-bond acceptors (Lipinski definition) is 5. The Morgan fingerprint density at radius 3 is 2.62 bits per heavy atom. The number of imide groups is 1. The van der Waals surface area contributed by atoms with Gasteiger partial charge in [-0.3, -0.25) is 14.7 Å². The number of furan rings is 1. The monoisotopic (exact) mass is 396 g/mol. The number of primary amides is 1. The highest BCUT2D eigenvalue weighted by Crippen LogP contribution is 2.29. The van der Waals surface area contributed by atoms with Crippen LogP contribution in [0.25, 0.3) is 11.3 Å². The number of carbonyl (C=O) groups is 2. The average molecular weight is 397 g/mol.